The van der Waals surface area contributed by atoms with Crippen molar-refractivity contribution < 1.29 is 13.9 Å². The first-order chi connectivity index (χ1) is 14.7. The molecule has 2 atom stereocenters. The van der Waals surface area contributed by atoms with Crippen molar-refractivity contribution in [2.75, 3.05) is 13.7 Å². The van der Waals surface area contributed by atoms with Crippen molar-refractivity contribution in [3.63, 3.8) is 0 Å². The van der Waals surface area contributed by atoms with Gasteiger partial charge in [-0.3, -0.25) is 0 Å². The van der Waals surface area contributed by atoms with Crippen molar-refractivity contribution in [2.24, 2.45) is 5.92 Å². The molecule has 0 saturated carbocycles. The fraction of sp³-hybridized carbons (Fsp3) is 0.630. The monoisotopic (exact) mass is 444 g/mol. The summed E-state index contributed by atoms with van der Waals surface area (Å²) >= 11 is 0. The smallest absolute Gasteiger partial charge is 0.202 e. The predicted octanol–water partition coefficient (Wildman–Crippen LogP) is 7.38. The van der Waals surface area contributed by atoms with Crippen LogP contribution in [0.25, 0.3) is 0 Å². The van der Waals surface area contributed by atoms with Gasteiger partial charge in [0.15, 0.2) is 0 Å². The van der Waals surface area contributed by atoms with Crippen molar-refractivity contribution in [2.45, 2.75) is 90.6 Å². The Morgan fingerprint density at radius 2 is 1.52 bits per heavy atom. The zero-order valence-electron chi connectivity index (χ0n) is 21.0. The maximum Gasteiger partial charge on any atom is 0.202 e. The average molecular weight is 445 g/mol. The molecule has 174 valence electrons. The van der Waals surface area contributed by atoms with Crippen LogP contribution in [0.1, 0.15) is 66.9 Å². The molecule has 1 rings (SSSR count). The average Bonchev–Trinajstić information content (AvgIpc) is 2.73. The second kappa shape index (κ2) is 13.8. The summed E-state index contributed by atoms with van der Waals surface area (Å²) in [6, 6.07) is 7.96. The molecule has 0 N–H and O–H groups in total. The van der Waals surface area contributed by atoms with E-state index in [-0.39, 0.29) is 6.10 Å². The van der Waals surface area contributed by atoms with Crippen LogP contribution in [0, 0.1) is 18.3 Å². The maximum absolute atomic E-state index is 6.78. The van der Waals surface area contributed by atoms with E-state index in [1.165, 1.54) is 0 Å². The van der Waals surface area contributed by atoms with Crippen molar-refractivity contribution in [1.82, 2.24) is 0 Å². The van der Waals surface area contributed by atoms with E-state index in [1.54, 1.807) is 7.11 Å². The van der Waals surface area contributed by atoms with Crippen LogP contribution in [0.3, 0.4) is 0 Å². The number of hydrogen-bond donors (Lipinski definition) is 0. The first-order valence-electron chi connectivity index (χ1n) is 11.7. The van der Waals surface area contributed by atoms with Crippen LogP contribution in [0.2, 0.25) is 16.6 Å². The van der Waals surface area contributed by atoms with Gasteiger partial charge in [-0.2, -0.15) is 0 Å². The summed E-state index contributed by atoms with van der Waals surface area (Å²) in [5, 5.41) is 0. The third-order valence-electron chi connectivity index (χ3n) is 6.23. The highest BCUT2D eigenvalue weighted by Gasteiger charge is 2.46. The minimum absolute atomic E-state index is 0.0963. The lowest BCUT2D eigenvalue weighted by molar-refractivity contribution is 0.148. The third kappa shape index (κ3) is 8.48. The first kappa shape index (κ1) is 27.5. The molecular formula is C27H44O3Si. The highest BCUT2D eigenvalue weighted by Crippen LogP contribution is 2.43. The van der Waals surface area contributed by atoms with Crippen LogP contribution in [0.15, 0.2) is 36.4 Å². The number of hydrogen-bond acceptors (Lipinski definition) is 3. The summed E-state index contributed by atoms with van der Waals surface area (Å²) in [4.78, 5) is 0. The number of rotatable bonds is 14. The Hall–Kier alpha value is -1.54. The molecule has 0 fully saturated rings. The summed E-state index contributed by atoms with van der Waals surface area (Å²) in [5.41, 5.74) is 2.78. The third-order valence-corrected chi connectivity index (χ3v) is 12.3. The molecule has 4 heteroatoms. The van der Waals surface area contributed by atoms with Gasteiger partial charge < -0.3 is 13.9 Å². The standard InChI is InChI=1S/C27H44O3Si/c1-10-26(30-31(21(2)3,22(4)5)23(6)7)16-13-24(8)12-11-19-29-20-25-14-17-27(28-9)18-15-25/h1,11-12,14-15,17-18,21-24,26H,13,16,19-20H2,2-9H3/b12-11+/t24-,26-/m1/s1. The number of methoxy groups -OCH3 is 1. The number of benzene rings is 1. The lowest BCUT2D eigenvalue weighted by Gasteiger charge is -2.43. The van der Waals surface area contributed by atoms with E-state index in [1.807, 2.05) is 24.3 Å². The van der Waals surface area contributed by atoms with E-state index in [2.05, 4.69) is 66.5 Å². The fourth-order valence-electron chi connectivity index (χ4n) is 4.60. The van der Waals surface area contributed by atoms with Gasteiger partial charge >= 0.3 is 0 Å². The zero-order chi connectivity index (χ0) is 23.4. The summed E-state index contributed by atoms with van der Waals surface area (Å²) < 4.78 is 17.7. The largest absolute Gasteiger partial charge is 0.497 e. The molecule has 0 aliphatic rings. The molecule has 1 aromatic rings. The van der Waals surface area contributed by atoms with Gasteiger partial charge in [0.05, 0.1) is 20.3 Å². The molecule has 0 unspecified atom stereocenters. The van der Waals surface area contributed by atoms with E-state index in [0.29, 0.717) is 35.8 Å². The van der Waals surface area contributed by atoms with Crippen LogP contribution >= 0.6 is 0 Å². The topological polar surface area (TPSA) is 27.7 Å². The summed E-state index contributed by atoms with van der Waals surface area (Å²) in [6.45, 7) is 17.2. The molecule has 3 nitrogen and oxygen atoms in total. The van der Waals surface area contributed by atoms with E-state index >= 15 is 0 Å². The van der Waals surface area contributed by atoms with Crippen molar-refractivity contribution in [1.29, 1.82) is 0 Å². The highest BCUT2D eigenvalue weighted by atomic mass is 28.4. The minimum Gasteiger partial charge on any atom is -0.497 e. The van der Waals surface area contributed by atoms with Crippen molar-refractivity contribution >= 4 is 8.32 Å². The highest BCUT2D eigenvalue weighted by molar-refractivity contribution is 6.77. The lowest BCUT2D eigenvalue weighted by Crippen LogP contribution is -2.50. The Morgan fingerprint density at radius 1 is 0.935 bits per heavy atom. The molecule has 31 heavy (non-hydrogen) atoms. The number of allylic oxidation sites excluding steroid dienone is 1. The molecule has 0 aliphatic carbocycles. The molecule has 0 aliphatic heterocycles. The van der Waals surface area contributed by atoms with Gasteiger partial charge in [-0.25, -0.2) is 0 Å². The van der Waals surface area contributed by atoms with Gasteiger partial charge in [0.2, 0.25) is 8.32 Å². The van der Waals surface area contributed by atoms with E-state index in [9.17, 15) is 0 Å². The fourth-order valence-corrected chi connectivity index (χ4v) is 10.1. The van der Waals surface area contributed by atoms with Gasteiger partial charge in [0, 0.05) is 0 Å². The second-order valence-electron chi connectivity index (χ2n) is 9.44. The van der Waals surface area contributed by atoms with Crippen molar-refractivity contribution in [3.8, 4) is 18.1 Å². The summed E-state index contributed by atoms with van der Waals surface area (Å²) in [5.74, 6) is 4.24. The molecule has 0 amide bonds. The van der Waals surface area contributed by atoms with E-state index < -0.39 is 8.32 Å². The summed E-state index contributed by atoms with van der Waals surface area (Å²) in [6.07, 6.45) is 12.0. The van der Waals surface area contributed by atoms with Crippen LogP contribution in [-0.4, -0.2) is 28.1 Å². The predicted molar refractivity (Wildman–Crippen MR) is 135 cm³/mol. The Balaban J connectivity index is 2.47. The zero-order valence-corrected chi connectivity index (χ0v) is 22.0. The first-order valence-corrected chi connectivity index (χ1v) is 13.8. The SMILES string of the molecule is C#C[C@H](CC[C@H](C)/C=C/COCc1ccc(OC)cc1)O[Si](C(C)C)(C(C)C)C(C)C. The normalized spacial score (nSPS) is 14.4. The van der Waals surface area contributed by atoms with Crippen LogP contribution in [0.5, 0.6) is 5.75 Å². The van der Waals surface area contributed by atoms with Gasteiger partial charge in [0.25, 0.3) is 0 Å². The van der Waals surface area contributed by atoms with Gasteiger partial charge in [0.1, 0.15) is 11.9 Å². The minimum atomic E-state index is -1.95. The molecule has 0 heterocycles. The van der Waals surface area contributed by atoms with Crippen LogP contribution in [0.4, 0.5) is 0 Å². The van der Waals surface area contributed by atoms with E-state index in [4.69, 9.17) is 20.3 Å². The van der Waals surface area contributed by atoms with Crippen molar-refractivity contribution in [3.05, 3.63) is 42.0 Å². The van der Waals surface area contributed by atoms with Gasteiger partial charge in [-0.15, -0.1) is 6.42 Å². The quantitative estimate of drug-likeness (QED) is 0.130. The van der Waals surface area contributed by atoms with Gasteiger partial charge in [-0.1, -0.05) is 78.7 Å². The molecular weight excluding hydrogens is 400 g/mol. The van der Waals surface area contributed by atoms with Gasteiger partial charge in [-0.05, 0) is 53.1 Å². The Morgan fingerprint density at radius 3 is 2.00 bits per heavy atom. The number of terminal acetylenes is 1. The Bertz CT molecular complexity index is 664. The lowest BCUT2D eigenvalue weighted by atomic mass is 10.0. The van der Waals surface area contributed by atoms with Crippen LogP contribution < -0.4 is 4.74 Å². The Labute approximate surface area is 192 Å². The van der Waals surface area contributed by atoms with E-state index in [0.717, 1.165) is 24.2 Å². The molecule has 0 spiro atoms. The second-order valence-corrected chi connectivity index (χ2v) is 14.8. The molecule has 1 aromatic carbocycles. The molecule has 0 aromatic heterocycles. The Kier molecular flexibility index (Phi) is 12.2. The number of ether oxygens (including phenoxy) is 2. The molecule has 0 saturated heterocycles. The summed E-state index contributed by atoms with van der Waals surface area (Å²) in [7, 11) is -0.273. The molecule has 0 radical (unpaired) electrons. The van der Waals surface area contributed by atoms with Crippen LogP contribution in [-0.2, 0) is 15.8 Å². The maximum atomic E-state index is 6.78. The molecule has 0 bridgehead atoms.